The van der Waals surface area contributed by atoms with Crippen LogP contribution in [0.3, 0.4) is 0 Å². The van der Waals surface area contributed by atoms with Crippen LogP contribution in [-0.4, -0.2) is 27.0 Å². The minimum Gasteiger partial charge on any atom is -0.381 e. The fraction of sp³-hybridized carbons (Fsp3) is 0.474. The maximum absolute atomic E-state index is 6.07. The molecule has 3 aromatic heterocycles. The Kier molecular flexibility index (Phi) is 4.72. The predicted molar refractivity (Wildman–Crippen MR) is 105 cm³/mol. The summed E-state index contributed by atoms with van der Waals surface area (Å²) in [6.07, 6.45) is 10.4. The quantitative estimate of drug-likeness (QED) is 0.637. The van der Waals surface area contributed by atoms with Crippen LogP contribution in [-0.2, 0) is 6.42 Å². The highest BCUT2D eigenvalue weighted by molar-refractivity contribution is 7.13. The smallest absolute Gasteiger partial charge is 0.139 e. The number of anilines is 1. The van der Waals surface area contributed by atoms with Crippen LogP contribution in [0.15, 0.2) is 23.8 Å². The third-order valence-corrected chi connectivity index (χ3v) is 5.82. The summed E-state index contributed by atoms with van der Waals surface area (Å²) >= 11 is 1.66. The van der Waals surface area contributed by atoms with Gasteiger partial charge in [0.2, 0.25) is 0 Å². The molecule has 1 saturated carbocycles. The first-order chi connectivity index (χ1) is 12.2. The second kappa shape index (κ2) is 7.14. The number of rotatable bonds is 5. The zero-order chi connectivity index (χ0) is 17.2. The molecule has 0 atom stereocenters. The first kappa shape index (κ1) is 16.5. The van der Waals surface area contributed by atoms with Gasteiger partial charge in [-0.2, -0.15) is 0 Å². The lowest BCUT2D eigenvalue weighted by molar-refractivity contribution is 0.411. The second-order valence-electron chi connectivity index (χ2n) is 6.95. The van der Waals surface area contributed by atoms with Gasteiger partial charge in [-0.15, -0.1) is 11.3 Å². The summed E-state index contributed by atoms with van der Waals surface area (Å²) < 4.78 is 0. The number of pyridine rings is 1. The highest BCUT2D eigenvalue weighted by atomic mass is 32.1. The molecule has 0 amide bonds. The van der Waals surface area contributed by atoms with E-state index in [2.05, 4.69) is 33.3 Å². The Balaban J connectivity index is 1.75. The SMILES string of the molecule is CCCc1cc2c(NC3CCC(N)CC3)c(-c3nccs3)cnc2[nH]1. The number of nitrogens with two attached hydrogens (primary N) is 1. The normalized spacial score (nSPS) is 20.9. The van der Waals surface area contributed by atoms with Gasteiger partial charge in [0.1, 0.15) is 10.7 Å². The highest BCUT2D eigenvalue weighted by Crippen LogP contribution is 2.36. The molecule has 5 nitrogen and oxygen atoms in total. The summed E-state index contributed by atoms with van der Waals surface area (Å²) in [6.45, 7) is 2.20. The third kappa shape index (κ3) is 3.41. The van der Waals surface area contributed by atoms with Crippen LogP contribution in [0.1, 0.15) is 44.7 Å². The van der Waals surface area contributed by atoms with E-state index >= 15 is 0 Å². The van der Waals surface area contributed by atoms with E-state index in [0.29, 0.717) is 12.1 Å². The van der Waals surface area contributed by atoms with Gasteiger partial charge in [0.05, 0.1) is 11.3 Å². The van der Waals surface area contributed by atoms with E-state index in [4.69, 9.17) is 5.73 Å². The molecule has 6 heteroatoms. The van der Waals surface area contributed by atoms with Crippen LogP contribution >= 0.6 is 11.3 Å². The molecule has 3 heterocycles. The van der Waals surface area contributed by atoms with Crippen LogP contribution in [0.25, 0.3) is 21.6 Å². The molecule has 132 valence electrons. The van der Waals surface area contributed by atoms with Crippen LogP contribution < -0.4 is 11.1 Å². The van der Waals surface area contributed by atoms with Gasteiger partial charge in [0.15, 0.2) is 0 Å². The zero-order valence-corrected chi connectivity index (χ0v) is 15.4. The number of H-pyrrole nitrogens is 1. The largest absolute Gasteiger partial charge is 0.381 e. The molecular formula is C19H25N5S. The summed E-state index contributed by atoms with van der Waals surface area (Å²) in [5.41, 5.74) is 10.5. The fourth-order valence-electron chi connectivity index (χ4n) is 3.67. The lowest BCUT2D eigenvalue weighted by Crippen LogP contribution is -2.33. The van der Waals surface area contributed by atoms with Crippen molar-refractivity contribution >= 4 is 28.1 Å². The summed E-state index contributed by atoms with van der Waals surface area (Å²) in [4.78, 5) is 12.6. The van der Waals surface area contributed by atoms with Crippen molar-refractivity contribution in [1.29, 1.82) is 0 Å². The summed E-state index contributed by atoms with van der Waals surface area (Å²) in [5.74, 6) is 0. The Morgan fingerprint density at radius 2 is 2.12 bits per heavy atom. The van der Waals surface area contributed by atoms with Crippen molar-refractivity contribution in [3.63, 3.8) is 0 Å². The van der Waals surface area contributed by atoms with Gasteiger partial charge in [-0.05, 0) is 38.2 Å². The van der Waals surface area contributed by atoms with Crippen LogP contribution in [0.2, 0.25) is 0 Å². The van der Waals surface area contributed by atoms with Gasteiger partial charge in [0.25, 0.3) is 0 Å². The van der Waals surface area contributed by atoms with Gasteiger partial charge >= 0.3 is 0 Å². The van der Waals surface area contributed by atoms with E-state index < -0.39 is 0 Å². The van der Waals surface area contributed by atoms with Gasteiger partial charge in [-0.1, -0.05) is 13.3 Å². The van der Waals surface area contributed by atoms with Crippen molar-refractivity contribution in [2.45, 2.75) is 57.5 Å². The van der Waals surface area contributed by atoms with E-state index in [1.807, 2.05) is 17.8 Å². The number of hydrogen-bond acceptors (Lipinski definition) is 5. The Bertz CT molecular complexity index is 831. The molecule has 0 unspecified atom stereocenters. The average molecular weight is 356 g/mol. The Hall–Kier alpha value is -1.92. The second-order valence-corrected chi connectivity index (χ2v) is 7.84. The van der Waals surface area contributed by atoms with E-state index in [0.717, 1.165) is 54.7 Å². The number of aryl methyl sites for hydroxylation is 1. The number of thiazole rings is 1. The highest BCUT2D eigenvalue weighted by Gasteiger charge is 2.22. The minimum atomic E-state index is 0.359. The third-order valence-electron chi connectivity index (χ3n) is 5.02. The monoisotopic (exact) mass is 355 g/mol. The van der Waals surface area contributed by atoms with Gasteiger partial charge in [-0.25, -0.2) is 9.97 Å². The topological polar surface area (TPSA) is 79.6 Å². The molecule has 0 aromatic carbocycles. The molecule has 0 radical (unpaired) electrons. The number of aromatic nitrogens is 3. The van der Waals surface area contributed by atoms with Crippen LogP contribution in [0, 0.1) is 0 Å². The number of aromatic amines is 1. The number of hydrogen-bond donors (Lipinski definition) is 3. The number of fused-ring (bicyclic) bond motifs is 1. The van der Waals surface area contributed by atoms with Crippen molar-refractivity contribution in [2.75, 3.05) is 5.32 Å². The maximum Gasteiger partial charge on any atom is 0.139 e. The number of nitrogens with one attached hydrogen (secondary N) is 2. The molecule has 1 fully saturated rings. The lowest BCUT2D eigenvalue weighted by Gasteiger charge is -2.28. The van der Waals surface area contributed by atoms with Crippen molar-refractivity contribution in [2.24, 2.45) is 5.73 Å². The van der Waals surface area contributed by atoms with E-state index in [9.17, 15) is 0 Å². The summed E-state index contributed by atoms with van der Waals surface area (Å²) in [5, 5.41) is 8.01. The molecule has 0 spiro atoms. The van der Waals surface area contributed by atoms with Gasteiger partial charge < -0.3 is 16.0 Å². The molecular weight excluding hydrogens is 330 g/mol. The van der Waals surface area contributed by atoms with E-state index in [1.165, 1.54) is 16.8 Å². The Morgan fingerprint density at radius 3 is 2.84 bits per heavy atom. The molecule has 3 aromatic rings. The van der Waals surface area contributed by atoms with Crippen molar-refractivity contribution < 1.29 is 0 Å². The fourth-order valence-corrected chi connectivity index (χ4v) is 4.33. The summed E-state index contributed by atoms with van der Waals surface area (Å²) in [6, 6.07) is 3.07. The van der Waals surface area contributed by atoms with Crippen LogP contribution in [0.5, 0.6) is 0 Å². The molecule has 0 saturated heterocycles. The maximum atomic E-state index is 6.07. The van der Waals surface area contributed by atoms with Crippen LogP contribution in [0.4, 0.5) is 5.69 Å². The van der Waals surface area contributed by atoms with E-state index in [-0.39, 0.29) is 0 Å². The van der Waals surface area contributed by atoms with Crippen molar-refractivity contribution in [3.8, 4) is 10.6 Å². The van der Waals surface area contributed by atoms with Crippen molar-refractivity contribution in [1.82, 2.24) is 15.0 Å². The van der Waals surface area contributed by atoms with E-state index in [1.54, 1.807) is 11.3 Å². The first-order valence-corrected chi connectivity index (χ1v) is 10.0. The molecule has 4 rings (SSSR count). The van der Waals surface area contributed by atoms with Gasteiger partial charge in [-0.3, -0.25) is 0 Å². The molecule has 1 aliphatic rings. The molecule has 25 heavy (non-hydrogen) atoms. The van der Waals surface area contributed by atoms with Crippen molar-refractivity contribution in [3.05, 3.63) is 29.5 Å². The predicted octanol–water partition coefficient (Wildman–Crippen LogP) is 4.32. The molecule has 1 aliphatic carbocycles. The molecule has 0 bridgehead atoms. The number of nitrogens with zero attached hydrogens (tertiary/aromatic N) is 2. The standard InChI is InChI=1S/C19H25N5S/c1-2-3-14-10-15-17(23-13-6-4-12(20)5-7-13)16(11-22-18(15)24-14)19-21-8-9-25-19/h8-13H,2-7,20H2,1H3,(H2,22,23,24). The average Bonchev–Trinajstić information content (AvgIpc) is 3.27. The Morgan fingerprint density at radius 1 is 1.28 bits per heavy atom. The molecule has 0 aliphatic heterocycles. The minimum absolute atomic E-state index is 0.359. The zero-order valence-electron chi connectivity index (χ0n) is 14.6. The molecule has 4 N–H and O–H groups in total. The summed E-state index contributed by atoms with van der Waals surface area (Å²) in [7, 11) is 0. The Labute approximate surface area is 152 Å². The van der Waals surface area contributed by atoms with Gasteiger partial charge in [0, 0.05) is 40.9 Å². The lowest BCUT2D eigenvalue weighted by atomic mass is 9.91. The first-order valence-electron chi connectivity index (χ1n) is 9.17.